The highest BCUT2D eigenvalue weighted by Gasteiger charge is 2.42. The van der Waals surface area contributed by atoms with Gasteiger partial charge in [0.2, 0.25) is 0 Å². The molecule has 2 aliphatic heterocycles. The van der Waals surface area contributed by atoms with Crippen molar-refractivity contribution in [3.8, 4) is 28.3 Å². The number of hydrogen-bond donors (Lipinski definition) is 0. The number of rotatable bonds is 9. The highest BCUT2D eigenvalue weighted by atomic mass is 16.5. The monoisotopic (exact) mass is 934 g/mol. The quantitative estimate of drug-likeness (QED) is 0.135. The summed E-state index contributed by atoms with van der Waals surface area (Å²) in [5.74, 6) is 1.71. The van der Waals surface area contributed by atoms with E-state index >= 15 is 0 Å². The fourth-order valence-electron chi connectivity index (χ4n) is 11.3. The van der Waals surface area contributed by atoms with Gasteiger partial charge in [0.05, 0.1) is 11.0 Å². The maximum Gasteiger partial charge on any atom is 0.256 e. The van der Waals surface area contributed by atoms with Crippen LogP contribution in [0.15, 0.2) is 267 Å². The van der Waals surface area contributed by atoms with Crippen molar-refractivity contribution < 1.29 is 4.74 Å². The van der Waals surface area contributed by atoms with Crippen LogP contribution >= 0.6 is 0 Å². The minimum absolute atomic E-state index is 0.0873. The molecule has 0 amide bonds. The maximum atomic E-state index is 7.18. The van der Waals surface area contributed by atoms with Crippen LogP contribution in [0.3, 0.4) is 0 Å². The second-order valence-corrected chi connectivity index (χ2v) is 19.0. The molecule has 2 aliphatic rings. The zero-order chi connectivity index (χ0) is 48.4. The predicted octanol–water partition coefficient (Wildman–Crippen LogP) is 16.1. The molecule has 0 spiro atoms. The number of fused-ring (bicyclic) bond motifs is 7. The summed E-state index contributed by atoms with van der Waals surface area (Å²) in [6, 6.07) is 96.4. The Morgan fingerprint density at radius 1 is 0.356 bits per heavy atom. The first kappa shape index (κ1) is 42.4. The van der Waals surface area contributed by atoms with Crippen LogP contribution in [0.4, 0.5) is 51.2 Å². The van der Waals surface area contributed by atoms with Gasteiger partial charge in [-0.2, -0.15) is 0 Å². The molecule has 0 bridgehead atoms. The molecule has 3 heterocycles. The lowest BCUT2D eigenvalue weighted by molar-refractivity contribution is 0.487. The highest BCUT2D eigenvalue weighted by Crippen LogP contribution is 2.46. The standard InChI is InChI=1S/C67H47BN4O/c1-46-29-33-53(34-30-46)72-63-27-16-28-65-67(63)68(59-40-37-55(44-64(59)72)69(49-19-8-3-9-20-49)50-21-10-4-11-22-50)60-41-38-56(45-66(60)73-65)70(52-35-31-48(32-36-52)47-17-6-2-7-18-47)54-39-42-62-58(43-54)57-25-14-15-26-61(57)71(62)51-23-12-5-13-24-51/h2-45H,1H3. The number of aryl methyl sites for hydroxylation is 1. The van der Waals surface area contributed by atoms with Gasteiger partial charge >= 0.3 is 0 Å². The number of hydrogen-bond acceptors (Lipinski definition) is 4. The van der Waals surface area contributed by atoms with E-state index in [0.717, 1.165) is 79.4 Å². The van der Waals surface area contributed by atoms with Crippen LogP contribution in [0.2, 0.25) is 0 Å². The highest BCUT2D eigenvalue weighted by molar-refractivity contribution is 6.99. The van der Waals surface area contributed by atoms with Gasteiger partial charge in [-0.25, -0.2) is 0 Å². The van der Waals surface area contributed by atoms with Crippen LogP contribution in [0, 0.1) is 6.92 Å². The smallest absolute Gasteiger partial charge is 0.256 e. The van der Waals surface area contributed by atoms with Crippen LogP contribution in [0.5, 0.6) is 11.5 Å². The Kier molecular flexibility index (Phi) is 10.1. The Balaban J connectivity index is 0.942. The summed E-state index contributed by atoms with van der Waals surface area (Å²) in [5, 5.41) is 2.39. The molecular weight excluding hydrogens is 888 g/mol. The van der Waals surface area contributed by atoms with E-state index in [1.807, 2.05) is 0 Å². The lowest BCUT2D eigenvalue weighted by atomic mass is 9.34. The van der Waals surface area contributed by atoms with Gasteiger partial charge in [-0.05, 0) is 150 Å². The van der Waals surface area contributed by atoms with E-state index in [1.165, 1.54) is 43.9 Å². The van der Waals surface area contributed by atoms with E-state index < -0.39 is 0 Å². The molecule has 11 aromatic carbocycles. The molecule has 0 saturated heterocycles. The van der Waals surface area contributed by atoms with Gasteiger partial charge in [0, 0.05) is 73.7 Å². The van der Waals surface area contributed by atoms with Crippen molar-refractivity contribution in [2.45, 2.75) is 6.92 Å². The third-order valence-corrected chi connectivity index (χ3v) is 14.7. The SMILES string of the molecule is Cc1ccc(N2c3cc(N(c4ccccc4)c4ccccc4)ccc3B3c4ccc(N(c5ccc(-c6ccccc6)cc5)c5ccc6c(c5)c5ccccc5n6-c5ccccc5)cc4Oc4cccc2c43)cc1. The van der Waals surface area contributed by atoms with E-state index in [1.54, 1.807) is 0 Å². The molecule has 0 radical (unpaired) electrons. The normalized spacial score (nSPS) is 12.2. The molecule has 0 unspecified atom stereocenters. The Morgan fingerprint density at radius 2 is 0.904 bits per heavy atom. The van der Waals surface area contributed by atoms with Crippen molar-refractivity contribution in [3.05, 3.63) is 272 Å². The Labute approximate surface area is 425 Å². The topological polar surface area (TPSA) is 23.9 Å². The first-order valence-corrected chi connectivity index (χ1v) is 25.0. The van der Waals surface area contributed by atoms with Gasteiger partial charge < -0.3 is 24.0 Å². The third-order valence-electron chi connectivity index (χ3n) is 14.7. The number of aromatic nitrogens is 1. The van der Waals surface area contributed by atoms with Crippen LogP contribution in [-0.2, 0) is 0 Å². The van der Waals surface area contributed by atoms with E-state index in [4.69, 9.17) is 4.74 Å². The zero-order valence-corrected chi connectivity index (χ0v) is 40.2. The molecule has 73 heavy (non-hydrogen) atoms. The fourth-order valence-corrected chi connectivity index (χ4v) is 11.3. The number of anilines is 9. The summed E-state index contributed by atoms with van der Waals surface area (Å²) in [4.78, 5) is 7.15. The summed E-state index contributed by atoms with van der Waals surface area (Å²) in [5.41, 5.74) is 20.3. The Bertz CT molecular complexity index is 3970. The molecule has 5 nitrogen and oxygen atoms in total. The molecular formula is C67H47BN4O. The average molecular weight is 935 g/mol. The molecule has 0 N–H and O–H groups in total. The second-order valence-electron chi connectivity index (χ2n) is 19.0. The molecule has 1 aromatic heterocycles. The van der Waals surface area contributed by atoms with Crippen molar-refractivity contribution >= 4 is 96.1 Å². The van der Waals surface area contributed by atoms with E-state index in [0.29, 0.717) is 0 Å². The minimum atomic E-state index is -0.0873. The molecule has 344 valence electrons. The van der Waals surface area contributed by atoms with Crippen LogP contribution in [0.25, 0.3) is 38.6 Å². The lowest BCUT2D eigenvalue weighted by Crippen LogP contribution is -2.59. The van der Waals surface area contributed by atoms with Gasteiger partial charge in [-0.3, -0.25) is 0 Å². The predicted molar refractivity (Wildman–Crippen MR) is 306 cm³/mol. The first-order valence-electron chi connectivity index (χ1n) is 25.0. The van der Waals surface area contributed by atoms with Crippen LogP contribution in [-0.4, -0.2) is 11.3 Å². The Hall–Kier alpha value is -9.52. The van der Waals surface area contributed by atoms with Crippen molar-refractivity contribution in [2.24, 2.45) is 0 Å². The third kappa shape index (κ3) is 7.18. The van der Waals surface area contributed by atoms with Gasteiger partial charge in [0.1, 0.15) is 11.5 Å². The maximum absolute atomic E-state index is 7.18. The van der Waals surface area contributed by atoms with Crippen molar-refractivity contribution in [1.29, 1.82) is 0 Å². The molecule has 0 atom stereocenters. The number of ether oxygens (including phenoxy) is 1. The summed E-state index contributed by atoms with van der Waals surface area (Å²) >= 11 is 0. The largest absolute Gasteiger partial charge is 0.458 e. The lowest BCUT2D eigenvalue weighted by Gasteiger charge is -2.41. The molecule has 12 aromatic rings. The molecule has 0 saturated carbocycles. The van der Waals surface area contributed by atoms with Gasteiger partial charge in [-0.15, -0.1) is 0 Å². The van der Waals surface area contributed by atoms with Gasteiger partial charge in [0.15, 0.2) is 0 Å². The summed E-state index contributed by atoms with van der Waals surface area (Å²) < 4.78 is 9.55. The van der Waals surface area contributed by atoms with Crippen molar-refractivity contribution in [3.63, 3.8) is 0 Å². The average Bonchev–Trinajstić information content (AvgIpc) is 3.78. The summed E-state index contributed by atoms with van der Waals surface area (Å²) in [7, 11) is 0. The molecule has 14 rings (SSSR count). The van der Waals surface area contributed by atoms with Gasteiger partial charge in [-0.1, -0.05) is 151 Å². The number of nitrogens with zero attached hydrogens (tertiary/aromatic N) is 4. The Morgan fingerprint density at radius 3 is 1.63 bits per heavy atom. The summed E-state index contributed by atoms with van der Waals surface area (Å²) in [6.45, 7) is 2.06. The molecule has 0 aliphatic carbocycles. The van der Waals surface area contributed by atoms with Crippen molar-refractivity contribution in [2.75, 3.05) is 14.7 Å². The number of para-hydroxylation sites is 4. The van der Waals surface area contributed by atoms with E-state index in [2.05, 4.69) is 293 Å². The number of benzene rings is 11. The second kappa shape index (κ2) is 17.4. The first-order chi connectivity index (χ1) is 36.1. The van der Waals surface area contributed by atoms with E-state index in [9.17, 15) is 0 Å². The minimum Gasteiger partial charge on any atom is -0.458 e. The van der Waals surface area contributed by atoms with E-state index in [-0.39, 0.29) is 6.71 Å². The zero-order valence-electron chi connectivity index (χ0n) is 40.2. The molecule has 0 fully saturated rings. The van der Waals surface area contributed by atoms with Crippen LogP contribution in [0.1, 0.15) is 5.56 Å². The fraction of sp³-hybridized carbons (Fsp3) is 0.0149. The van der Waals surface area contributed by atoms with Gasteiger partial charge in [0.25, 0.3) is 6.71 Å². The van der Waals surface area contributed by atoms with Crippen LogP contribution < -0.4 is 35.8 Å². The van der Waals surface area contributed by atoms with Crippen molar-refractivity contribution in [1.82, 2.24) is 4.57 Å². The molecule has 6 heteroatoms. The summed E-state index contributed by atoms with van der Waals surface area (Å²) in [6.07, 6.45) is 0.